The molecule has 1 N–H and O–H groups in total. The van der Waals surface area contributed by atoms with Crippen molar-refractivity contribution in [1.82, 2.24) is 0 Å². The number of hydrogen-bond acceptors (Lipinski definition) is 4. The number of hydrazone groups is 1. The molecule has 0 saturated carbocycles. The molecule has 0 heterocycles. The molecular weight excluding hydrogens is 357 g/mol. The molecule has 0 aliphatic rings. The first-order valence-electron chi connectivity index (χ1n) is 7.31. The van der Waals surface area contributed by atoms with Gasteiger partial charge >= 0.3 is 6.18 Å². The fraction of sp³-hybridized carbons (Fsp3) is 0.235. The minimum Gasteiger partial charge on any atom is -0.493 e. The Bertz CT molecular complexity index is 747. The van der Waals surface area contributed by atoms with Crippen molar-refractivity contribution in [3.05, 3.63) is 52.5 Å². The van der Waals surface area contributed by atoms with E-state index in [1.54, 1.807) is 12.1 Å². The molecule has 0 aliphatic heterocycles. The van der Waals surface area contributed by atoms with Crippen molar-refractivity contribution in [3.63, 3.8) is 0 Å². The van der Waals surface area contributed by atoms with E-state index >= 15 is 0 Å². The van der Waals surface area contributed by atoms with E-state index in [2.05, 4.69) is 10.5 Å². The van der Waals surface area contributed by atoms with Crippen LogP contribution in [0.1, 0.15) is 18.1 Å². The number of methoxy groups -OCH3 is 1. The summed E-state index contributed by atoms with van der Waals surface area (Å²) in [5, 5.41) is 4.39. The van der Waals surface area contributed by atoms with Gasteiger partial charge in [-0.25, -0.2) is 0 Å². The molecule has 0 unspecified atom stereocenters. The summed E-state index contributed by atoms with van der Waals surface area (Å²) in [6.07, 6.45) is -2.92. The average molecular weight is 373 g/mol. The van der Waals surface area contributed by atoms with Gasteiger partial charge in [-0.05, 0) is 37.3 Å². The van der Waals surface area contributed by atoms with E-state index in [-0.39, 0.29) is 0 Å². The van der Waals surface area contributed by atoms with Crippen LogP contribution >= 0.6 is 11.6 Å². The van der Waals surface area contributed by atoms with Gasteiger partial charge in [0.1, 0.15) is 0 Å². The van der Waals surface area contributed by atoms with Gasteiger partial charge in [0.25, 0.3) is 0 Å². The summed E-state index contributed by atoms with van der Waals surface area (Å²) in [6, 6.07) is 7.81. The highest BCUT2D eigenvalue weighted by Gasteiger charge is 2.29. The Morgan fingerprint density at radius 3 is 2.40 bits per heavy atom. The van der Waals surface area contributed by atoms with Crippen LogP contribution in [0.3, 0.4) is 0 Å². The van der Waals surface area contributed by atoms with Crippen LogP contribution in [0.15, 0.2) is 41.5 Å². The summed E-state index contributed by atoms with van der Waals surface area (Å²) in [5.74, 6) is 1.02. The average Bonchev–Trinajstić information content (AvgIpc) is 2.57. The maximum absolute atomic E-state index is 12.5. The summed E-state index contributed by atoms with van der Waals surface area (Å²) in [6.45, 7) is 2.30. The molecule has 0 bridgehead atoms. The quantitative estimate of drug-likeness (QED) is 0.559. The van der Waals surface area contributed by atoms with Crippen LogP contribution in [0.25, 0.3) is 0 Å². The lowest BCUT2D eigenvalue weighted by Gasteiger charge is -2.11. The summed E-state index contributed by atoms with van der Waals surface area (Å²) in [5.41, 5.74) is 2.92. The molecule has 0 saturated heterocycles. The monoisotopic (exact) mass is 372 g/mol. The molecule has 0 radical (unpaired) electrons. The molecule has 2 aromatic rings. The number of nitrogens with one attached hydrogen (secondary N) is 1. The number of rotatable bonds is 6. The largest absolute Gasteiger partial charge is 0.493 e. The molecule has 0 aliphatic carbocycles. The second-order valence-corrected chi connectivity index (χ2v) is 5.31. The number of benzene rings is 2. The van der Waals surface area contributed by atoms with Gasteiger partial charge in [0.2, 0.25) is 0 Å². The zero-order chi connectivity index (χ0) is 18.4. The van der Waals surface area contributed by atoms with Crippen LogP contribution in [0, 0.1) is 0 Å². The smallest absolute Gasteiger partial charge is 0.416 e. The SMILES string of the molecule is CCOc1cc(/C=N/Nc2ccc(C(F)(F)F)cc2)c(Cl)cc1OC. The third kappa shape index (κ3) is 5.03. The zero-order valence-corrected chi connectivity index (χ0v) is 14.3. The molecule has 0 atom stereocenters. The maximum Gasteiger partial charge on any atom is 0.416 e. The first-order chi connectivity index (χ1) is 11.8. The Kier molecular flexibility index (Phi) is 6.14. The Hall–Kier alpha value is -2.41. The van der Waals surface area contributed by atoms with Crippen molar-refractivity contribution in [1.29, 1.82) is 0 Å². The van der Waals surface area contributed by atoms with E-state index in [0.717, 1.165) is 12.1 Å². The standard InChI is InChI=1S/C17H16ClF3N2O2/c1-3-25-16-8-11(14(18)9-15(16)24-2)10-22-23-13-6-4-12(5-7-13)17(19,20)21/h4-10,23H,3H2,1-2H3/b22-10+. The van der Waals surface area contributed by atoms with E-state index in [1.165, 1.54) is 25.5 Å². The van der Waals surface area contributed by atoms with Crippen LogP contribution in [0.5, 0.6) is 11.5 Å². The van der Waals surface area contributed by atoms with Gasteiger partial charge in [0.05, 0.1) is 36.2 Å². The minimum absolute atomic E-state index is 0.401. The van der Waals surface area contributed by atoms with E-state index in [9.17, 15) is 13.2 Å². The minimum atomic E-state index is -4.37. The lowest BCUT2D eigenvalue weighted by atomic mass is 10.2. The number of anilines is 1. The van der Waals surface area contributed by atoms with Crippen molar-refractivity contribution in [2.24, 2.45) is 5.10 Å². The summed E-state index contributed by atoms with van der Waals surface area (Å²) < 4.78 is 48.2. The molecule has 2 rings (SSSR count). The predicted molar refractivity (Wildman–Crippen MR) is 91.8 cm³/mol. The number of nitrogens with zero attached hydrogens (tertiary/aromatic N) is 1. The molecule has 0 fully saturated rings. The van der Waals surface area contributed by atoms with Gasteiger partial charge in [0, 0.05) is 11.6 Å². The Balaban J connectivity index is 2.12. The number of ether oxygens (including phenoxy) is 2. The van der Waals surface area contributed by atoms with Crippen molar-refractivity contribution in [2.75, 3.05) is 19.1 Å². The first-order valence-corrected chi connectivity index (χ1v) is 7.69. The zero-order valence-electron chi connectivity index (χ0n) is 13.5. The third-order valence-corrected chi connectivity index (χ3v) is 3.52. The molecule has 0 aromatic heterocycles. The second-order valence-electron chi connectivity index (χ2n) is 4.90. The molecular formula is C17H16ClF3N2O2. The van der Waals surface area contributed by atoms with Crippen molar-refractivity contribution in [2.45, 2.75) is 13.1 Å². The van der Waals surface area contributed by atoms with E-state index in [0.29, 0.717) is 34.4 Å². The van der Waals surface area contributed by atoms with Gasteiger partial charge in [-0.15, -0.1) is 0 Å². The lowest BCUT2D eigenvalue weighted by molar-refractivity contribution is -0.137. The van der Waals surface area contributed by atoms with E-state index in [4.69, 9.17) is 21.1 Å². The molecule has 25 heavy (non-hydrogen) atoms. The van der Waals surface area contributed by atoms with Crippen molar-refractivity contribution in [3.8, 4) is 11.5 Å². The van der Waals surface area contributed by atoms with Gasteiger partial charge in [-0.3, -0.25) is 5.43 Å². The summed E-state index contributed by atoms with van der Waals surface area (Å²) >= 11 is 6.15. The van der Waals surface area contributed by atoms with Crippen LogP contribution in [-0.2, 0) is 6.18 Å². The van der Waals surface area contributed by atoms with Crippen molar-refractivity contribution >= 4 is 23.5 Å². The Labute approximate surface area is 148 Å². The number of alkyl halides is 3. The fourth-order valence-corrected chi connectivity index (χ4v) is 2.19. The van der Waals surface area contributed by atoms with Crippen LogP contribution in [0.4, 0.5) is 18.9 Å². The van der Waals surface area contributed by atoms with E-state index < -0.39 is 11.7 Å². The molecule has 2 aromatic carbocycles. The summed E-state index contributed by atoms with van der Waals surface area (Å²) in [4.78, 5) is 0. The molecule has 4 nitrogen and oxygen atoms in total. The fourth-order valence-electron chi connectivity index (χ4n) is 1.99. The molecule has 0 spiro atoms. The van der Waals surface area contributed by atoms with Gasteiger partial charge in [-0.2, -0.15) is 18.3 Å². The molecule has 8 heteroatoms. The third-order valence-electron chi connectivity index (χ3n) is 3.19. The molecule has 0 amide bonds. The predicted octanol–water partition coefficient (Wildman–Crippen LogP) is 5.21. The normalized spacial score (nSPS) is 11.6. The highest BCUT2D eigenvalue weighted by atomic mass is 35.5. The maximum atomic E-state index is 12.5. The Morgan fingerprint density at radius 1 is 1.16 bits per heavy atom. The Morgan fingerprint density at radius 2 is 1.84 bits per heavy atom. The molecule has 134 valence electrons. The highest BCUT2D eigenvalue weighted by molar-refractivity contribution is 6.33. The topological polar surface area (TPSA) is 42.8 Å². The van der Waals surface area contributed by atoms with Crippen LogP contribution in [0.2, 0.25) is 5.02 Å². The second kappa shape index (κ2) is 8.11. The van der Waals surface area contributed by atoms with E-state index in [1.807, 2.05) is 6.92 Å². The lowest BCUT2D eigenvalue weighted by Crippen LogP contribution is -2.04. The van der Waals surface area contributed by atoms with Crippen LogP contribution in [-0.4, -0.2) is 19.9 Å². The highest BCUT2D eigenvalue weighted by Crippen LogP contribution is 2.33. The van der Waals surface area contributed by atoms with Crippen LogP contribution < -0.4 is 14.9 Å². The summed E-state index contributed by atoms with van der Waals surface area (Å²) in [7, 11) is 1.51. The van der Waals surface area contributed by atoms with Gasteiger partial charge < -0.3 is 9.47 Å². The van der Waals surface area contributed by atoms with Crippen molar-refractivity contribution < 1.29 is 22.6 Å². The van der Waals surface area contributed by atoms with Gasteiger partial charge in [-0.1, -0.05) is 11.6 Å². The number of halogens is 4. The number of hydrogen-bond donors (Lipinski definition) is 1. The first kappa shape index (κ1) is 18.9. The van der Waals surface area contributed by atoms with Gasteiger partial charge in [0.15, 0.2) is 11.5 Å².